The molecule has 8 heteroatoms. The number of rotatable bonds is 4. The first-order valence-electron chi connectivity index (χ1n) is 9.40. The molecule has 2 heterocycles. The van der Waals surface area contributed by atoms with E-state index in [0.29, 0.717) is 33.5 Å². The van der Waals surface area contributed by atoms with E-state index in [4.69, 9.17) is 4.52 Å². The number of hydrogen-bond donors (Lipinski definition) is 0. The van der Waals surface area contributed by atoms with Crippen molar-refractivity contribution in [3.05, 3.63) is 89.0 Å². The maximum absolute atomic E-state index is 13.2. The Labute approximate surface area is 180 Å². The second-order valence-electron chi connectivity index (χ2n) is 6.74. The van der Waals surface area contributed by atoms with Crippen LogP contribution in [0, 0.1) is 5.82 Å². The third-order valence-electron chi connectivity index (χ3n) is 4.83. The van der Waals surface area contributed by atoms with Crippen LogP contribution in [0.5, 0.6) is 0 Å². The average molecular weight is 430 g/mol. The van der Waals surface area contributed by atoms with Crippen molar-refractivity contribution in [2.75, 3.05) is 6.26 Å². The Morgan fingerprint density at radius 2 is 1.74 bits per heavy atom. The molecule has 0 bridgehead atoms. The maximum atomic E-state index is 13.2. The van der Waals surface area contributed by atoms with E-state index < -0.39 is 0 Å². The van der Waals surface area contributed by atoms with Gasteiger partial charge in [0, 0.05) is 15.8 Å². The molecular formula is C23H15FN4O2S. The van der Waals surface area contributed by atoms with E-state index in [1.165, 1.54) is 16.8 Å². The largest absolute Gasteiger partial charge is 0.332 e. The fourth-order valence-electron chi connectivity index (χ4n) is 3.30. The fourth-order valence-corrected chi connectivity index (χ4v) is 3.75. The van der Waals surface area contributed by atoms with Gasteiger partial charge >= 0.3 is 0 Å². The third kappa shape index (κ3) is 3.51. The first kappa shape index (κ1) is 19.2. The zero-order valence-corrected chi connectivity index (χ0v) is 17.1. The summed E-state index contributed by atoms with van der Waals surface area (Å²) in [5, 5.41) is 9.69. The van der Waals surface area contributed by atoms with E-state index in [9.17, 15) is 9.18 Å². The number of halogens is 1. The first-order valence-corrected chi connectivity index (χ1v) is 10.6. The highest BCUT2D eigenvalue weighted by atomic mass is 32.2. The highest BCUT2D eigenvalue weighted by molar-refractivity contribution is 7.98. The van der Waals surface area contributed by atoms with E-state index in [0.717, 1.165) is 4.90 Å². The topological polar surface area (TPSA) is 73.8 Å². The van der Waals surface area contributed by atoms with Gasteiger partial charge in [0.05, 0.1) is 11.1 Å². The zero-order chi connectivity index (χ0) is 21.4. The molecule has 3 aromatic carbocycles. The quantitative estimate of drug-likeness (QED) is 0.375. The molecule has 0 amide bonds. The summed E-state index contributed by atoms with van der Waals surface area (Å²) < 4.78 is 20.1. The monoisotopic (exact) mass is 430 g/mol. The molecule has 2 aromatic heterocycles. The summed E-state index contributed by atoms with van der Waals surface area (Å²) in [4.78, 5) is 18.6. The highest BCUT2D eigenvalue weighted by Crippen LogP contribution is 2.27. The summed E-state index contributed by atoms with van der Waals surface area (Å²) in [6.45, 7) is 0. The molecule has 0 N–H and O–H groups in total. The van der Waals surface area contributed by atoms with Gasteiger partial charge in [-0.25, -0.2) is 4.39 Å². The smallest absolute Gasteiger partial charge is 0.279 e. The Bertz CT molecular complexity index is 1460. The predicted molar refractivity (Wildman–Crippen MR) is 118 cm³/mol. The Morgan fingerprint density at radius 1 is 0.968 bits per heavy atom. The maximum Gasteiger partial charge on any atom is 0.279 e. The molecule has 5 aromatic rings. The molecule has 0 atom stereocenters. The molecule has 0 aliphatic heterocycles. The normalized spacial score (nSPS) is 11.2. The zero-order valence-electron chi connectivity index (χ0n) is 16.3. The van der Waals surface area contributed by atoms with Crippen LogP contribution in [0.3, 0.4) is 0 Å². The van der Waals surface area contributed by atoms with Crippen molar-refractivity contribution < 1.29 is 8.91 Å². The molecular weight excluding hydrogens is 415 g/mol. The summed E-state index contributed by atoms with van der Waals surface area (Å²) >= 11 is 1.58. The molecule has 0 unspecified atom stereocenters. The van der Waals surface area contributed by atoms with Crippen LogP contribution in [0.15, 0.2) is 87.0 Å². The van der Waals surface area contributed by atoms with Gasteiger partial charge in [0.2, 0.25) is 5.82 Å². The van der Waals surface area contributed by atoms with Crippen LogP contribution in [-0.2, 0) is 0 Å². The van der Waals surface area contributed by atoms with Crippen LogP contribution in [0.2, 0.25) is 0 Å². The van der Waals surface area contributed by atoms with Crippen molar-refractivity contribution >= 4 is 22.5 Å². The van der Waals surface area contributed by atoms with Crippen molar-refractivity contribution in [2.45, 2.75) is 4.90 Å². The molecule has 0 saturated carbocycles. The summed E-state index contributed by atoms with van der Waals surface area (Å²) in [6.07, 6.45) is 1.97. The van der Waals surface area contributed by atoms with Gasteiger partial charge in [-0.3, -0.25) is 4.79 Å². The molecule has 6 nitrogen and oxygen atoms in total. The van der Waals surface area contributed by atoms with E-state index in [1.54, 1.807) is 42.1 Å². The molecule has 5 rings (SSSR count). The Hall–Kier alpha value is -3.78. The van der Waals surface area contributed by atoms with Crippen LogP contribution >= 0.6 is 11.8 Å². The SMILES string of the molecule is CSc1cccc(-n2nc(-c3nc(-c4ccc(F)cc4)no3)c3ccccc3c2=O)c1. The molecule has 0 aliphatic carbocycles. The van der Waals surface area contributed by atoms with Crippen molar-refractivity contribution in [3.8, 4) is 28.7 Å². The molecule has 0 fully saturated rings. The van der Waals surface area contributed by atoms with Crippen LogP contribution in [0.1, 0.15) is 0 Å². The lowest BCUT2D eigenvalue weighted by molar-refractivity contribution is 0.430. The summed E-state index contributed by atoms with van der Waals surface area (Å²) in [6, 6.07) is 20.5. The Balaban J connectivity index is 1.71. The molecule has 31 heavy (non-hydrogen) atoms. The van der Waals surface area contributed by atoms with Gasteiger partial charge in [0.1, 0.15) is 5.82 Å². The molecule has 0 radical (unpaired) electrons. The van der Waals surface area contributed by atoms with Crippen molar-refractivity contribution in [1.82, 2.24) is 19.9 Å². The van der Waals surface area contributed by atoms with Gasteiger partial charge in [0.15, 0.2) is 5.69 Å². The van der Waals surface area contributed by atoms with E-state index in [2.05, 4.69) is 15.2 Å². The number of aromatic nitrogens is 4. The van der Waals surface area contributed by atoms with E-state index in [1.807, 2.05) is 36.6 Å². The lowest BCUT2D eigenvalue weighted by Gasteiger charge is -2.10. The van der Waals surface area contributed by atoms with Gasteiger partial charge in [-0.1, -0.05) is 29.4 Å². The minimum absolute atomic E-state index is 0.172. The standard InChI is InChI=1S/C23H15FN4O2S/c1-31-17-6-4-5-16(13-17)28-23(29)19-8-3-2-7-18(19)20(26-28)22-25-21(27-30-22)14-9-11-15(24)12-10-14/h2-13H,1H3. The second-order valence-corrected chi connectivity index (χ2v) is 7.62. The Kier molecular flexibility index (Phi) is 4.83. The lowest BCUT2D eigenvalue weighted by Crippen LogP contribution is -2.22. The predicted octanol–water partition coefficient (Wildman–Crippen LogP) is 4.96. The van der Waals surface area contributed by atoms with Crippen molar-refractivity contribution in [3.63, 3.8) is 0 Å². The van der Waals surface area contributed by atoms with Crippen LogP contribution in [0.4, 0.5) is 4.39 Å². The fraction of sp³-hybridized carbons (Fsp3) is 0.0435. The van der Waals surface area contributed by atoms with Gasteiger partial charge in [-0.2, -0.15) is 14.8 Å². The number of fused-ring (bicyclic) bond motifs is 1. The second kappa shape index (κ2) is 7.81. The summed E-state index contributed by atoms with van der Waals surface area (Å²) in [7, 11) is 0. The molecule has 0 aliphatic rings. The average Bonchev–Trinajstić information content (AvgIpc) is 3.30. The van der Waals surface area contributed by atoms with Gasteiger partial charge in [-0.15, -0.1) is 11.8 Å². The number of thioether (sulfide) groups is 1. The molecule has 0 saturated heterocycles. The van der Waals surface area contributed by atoms with Crippen LogP contribution in [-0.4, -0.2) is 26.2 Å². The van der Waals surface area contributed by atoms with Gasteiger partial charge < -0.3 is 4.52 Å². The molecule has 0 spiro atoms. The van der Waals surface area contributed by atoms with Crippen molar-refractivity contribution in [1.29, 1.82) is 0 Å². The lowest BCUT2D eigenvalue weighted by atomic mass is 10.1. The molecule has 152 valence electrons. The summed E-state index contributed by atoms with van der Waals surface area (Å²) in [5.74, 6) is 0.132. The van der Waals surface area contributed by atoms with Crippen molar-refractivity contribution in [2.24, 2.45) is 0 Å². The number of nitrogens with zero attached hydrogens (tertiary/aromatic N) is 4. The van der Waals surface area contributed by atoms with Crippen LogP contribution < -0.4 is 5.56 Å². The number of benzene rings is 3. The summed E-state index contributed by atoms with van der Waals surface area (Å²) in [5.41, 5.74) is 1.41. The van der Waals surface area contributed by atoms with Gasteiger partial charge in [-0.05, 0) is 54.8 Å². The first-order chi connectivity index (χ1) is 15.1. The van der Waals surface area contributed by atoms with Gasteiger partial charge in [0.25, 0.3) is 11.4 Å². The van der Waals surface area contributed by atoms with E-state index in [-0.39, 0.29) is 17.3 Å². The number of hydrogen-bond acceptors (Lipinski definition) is 6. The van der Waals surface area contributed by atoms with Crippen LogP contribution in [0.25, 0.3) is 39.4 Å². The van der Waals surface area contributed by atoms with E-state index >= 15 is 0 Å². The minimum Gasteiger partial charge on any atom is -0.332 e. The Morgan fingerprint density at radius 3 is 2.52 bits per heavy atom. The minimum atomic E-state index is -0.348. The highest BCUT2D eigenvalue weighted by Gasteiger charge is 2.19. The third-order valence-corrected chi connectivity index (χ3v) is 5.56.